The van der Waals surface area contributed by atoms with Crippen LogP contribution in [-0.2, 0) is 6.61 Å². The van der Waals surface area contributed by atoms with Crippen LogP contribution in [-0.4, -0.2) is 12.9 Å². The first-order chi connectivity index (χ1) is 9.63. The van der Waals surface area contributed by atoms with Crippen molar-refractivity contribution in [3.63, 3.8) is 0 Å². The lowest BCUT2D eigenvalue weighted by atomic mass is 10.1. The number of ketones is 1. The molecule has 4 heteroatoms. The number of hydrogen-bond acceptors (Lipinski definition) is 3. The Hall–Kier alpha value is -2.36. The van der Waals surface area contributed by atoms with E-state index in [4.69, 9.17) is 9.47 Å². The number of methoxy groups -OCH3 is 1. The van der Waals surface area contributed by atoms with Gasteiger partial charge in [0, 0.05) is 5.56 Å². The van der Waals surface area contributed by atoms with Gasteiger partial charge in [0.15, 0.2) is 17.3 Å². The number of carbonyl (C=O) groups is 1. The first kappa shape index (κ1) is 14.1. The largest absolute Gasteiger partial charge is 0.493 e. The number of ether oxygens (including phenoxy) is 2. The van der Waals surface area contributed by atoms with E-state index in [0.29, 0.717) is 22.6 Å². The smallest absolute Gasteiger partial charge is 0.172 e. The topological polar surface area (TPSA) is 35.5 Å². The highest BCUT2D eigenvalue weighted by atomic mass is 19.1. The summed E-state index contributed by atoms with van der Waals surface area (Å²) >= 11 is 0. The predicted octanol–water partition coefficient (Wildman–Crippen LogP) is 3.62. The lowest BCUT2D eigenvalue weighted by Crippen LogP contribution is -2.04. The van der Waals surface area contributed by atoms with E-state index in [9.17, 15) is 9.18 Å². The van der Waals surface area contributed by atoms with E-state index in [2.05, 4.69) is 0 Å². The number of Topliss-reactive ketones (excluding diaryl/α,β-unsaturated/α-hetero) is 1. The van der Waals surface area contributed by atoms with Crippen molar-refractivity contribution in [2.75, 3.05) is 7.11 Å². The summed E-state index contributed by atoms with van der Waals surface area (Å²) in [6, 6.07) is 11.4. The lowest BCUT2D eigenvalue weighted by molar-refractivity contribution is 0.101. The Balaban J connectivity index is 2.29. The van der Waals surface area contributed by atoms with Crippen molar-refractivity contribution in [2.45, 2.75) is 13.5 Å². The van der Waals surface area contributed by atoms with Crippen LogP contribution in [0.5, 0.6) is 11.5 Å². The number of halogens is 1. The van der Waals surface area contributed by atoms with E-state index in [1.54, 1.807) is 36.4 Å². The van der Waals surface area contributed by atoms with Crippen LogP contribution in [0.15, 0.2) is 42.5 Å². The number of para-hydroxylation sites is 1. The highest BCUT2D eigenvalue weighted by Crippen LogP contribution is 2.32. The second-order valence-corrected chi connectivity index (χ2v) is 4.27. The molecule has 2 rings (SSSR count). The third kappa shape index (κ3) is 2.96. The first-order valence-electron chi connectivity index (χ1n) is 6.17. The number of hydrogen-bond donors (Lipinski definition) is 0. The van der Waals surface area contributed by atoms with Crippen LogP contribution in [0.25, 0.3) is 0 Å². The molecule has 0 spiro atoms. The molecule has 0 N–H and O–H groups in total. The maximum atomic E-state index is 13.6. The van der Waals surface area contributed by atoms with Gasteiger partial charge >= 0.3 is 0 Å². The molecule has 0 unspecified atom stereocenters. The van der Waals surface area contributed by atoms with Crippen molar-refractivity contribution in [1.29, 1.82) is 0 Å². The fourth-order valence-electron chi connectivity index (χ4n) is 1.87. The molecule has 20 heavy (non-hydrogen) atoms. The van der Waals surface area contributed by atoms with Crippen molar-refractivity contribution >= 4 is 5.78 Å². The predicted molar refractivity (Wildman–Crippen MR) is 73.7 cm³/mol. The van der Waals surface area contributed by atoms with Crippen molar-refractivity contribution in [3.8, 4) is 11.5 Å². The lowest BCUT2D eigenvalue weighted by Gasteiger charge is -2.14. The monoisotopic (exact) mass is 274 g/mol. The molecule has 2 aromatic carbocycles. The summed E-state index contributed by atoms with van der Waals surface area (Å²) in [5, 5.41) is 0. The molecular formula is C16H15FO3. The molecule has 0 fully saturated rings. The Labute approximate surface area is 117 Å². The van der Waals surface area contributed by atoms with Crippen LogP contribution in [0, 0.1) is 5.82 Å². The Morgan fingerprint density at radius 3 is 2.55 bits per heavy atom. The van der Waals surface area contributed by atoms with Gasteiger partial charge in [0.2, 0.25) is 0 Å². The quantitative estimate of drug-likeness (QED) is 0.781. The van der Waals surface area contributed by atoms with Gasteiger partial charge in [0.05, 0.1) is 12.7 Å². The first-order valence-corrected chi connectivity index (χ1v) is 6.17. The molecule has 3 nitrogen and oxygen atoms in total. The third-order valence-electron chi connectivity index (χ3n) is 2.91. The zero-order chi connectivity index (χ0) is 14.5. The standard InChI is InChI=1S/C16H15FO3/c1-11(18)13-7-5-9-15(19-2)16(13)20-10-12-6-3-4-8-14(12)17/h3-9H,10H2,1-2H3. The van der Waals surface area contributed by atoms with Crippen molar-refractivity contribution in [1.82, 2.24) is 0 Å². The van der Waals surface area contributed by atoms with Gasteiger partial charge in [-0.15, -0.1) is 0 Å². The minimum Gasteiger partial charge on any atom is -0.493 e. The molecule has 0 amide bonds. The van der Waals surface area contributed by atoms with Gasteiger partial charge in [-0.1, -0.05) is 24.3 Å². The number of rotatable bonds is 5. The zero-order valence-electron chi connectivity index (χ0n) is 11.4. The molecule has 0 aromatic heterocycles. The molecule has 0 saturated heterocycles. The second kappa shape index (κ2) is 6.19. The van der Waals surface area contributed by atoms with Crippen molar-refractivity contribution < 1.29 is 18.7 Å². The summed E-state index contributed by atoms with van der Waals surface area (Å²) in [5.41, 5.74) is 0.841. The Morgan fingerprint density at radius 2 is 1.90 bits per heavy atom. The summed E-state index contributed by atoms with van der Waals surface area (Å²) in [6.45, 7) is 1.48. The highest BCUT2D eigenvalue weighted by Gasteiger charge is 2.14. The van der Waals surface area contributed by atoms with Crippen LogP contribution in [0.4, 0.5) is 4.39 Å². The van der Waals surface area contributed by atoms with Gasteiger partial charge in [-0.3, -0.25) is 4.79 Å². The molecule has 0 aliphatic rings. The summed E-state index contributed by atoms with van der Waals surface area (Å²) < 4.78 is 24.3. The molecular weight excluding hydrogens is 259 g/mol. The van der Waals surface area contributed by atoms with E-state index in [1.807, 2.05) is 0 Å². The van der Waals surface area contributed by atoms with Gasteiger partial charge in [0.1, 0.15) is 12.4 Å². The van der Waals surface area contributed by atoms with Crippen LogP contribution in [0.2, 0.25) is 0 Å². The maximum absolute atomic E-state index is 13.6. The minimum atomic E-state index is -0.341. The zero-order valence-corrected chi connectivity index (χ0v) is 11.4. The number of benzene rings is 2. The Morgan fingerprint density at radius 1 is 1.15 bits per heavy atom. The second-order valence-electron chi connectivity index (χ2n) is 4.27. The SMILES string of the molecule is COc1cccc(C(C)=O)c1OCc1ccccc1F. The Bertz CT molecular complexity index is 623. The fourth-order valence-corrected chi connectivity index (χ4v) is 1.87. The highest BCUT2D eigenvalue weighted by molar-refractivity contribution is 5.97. The van der Waals surface area contributed by atoms with Gasteiger partial charge in [-0.25, -0.2) is 4.39 Å². The number of carbonyl (C=O) groups excluding carboxylic acids is 1. The molecule has 0 bridgehead atoms. The molecule has 104 valence electrons. The minimum absolute atomic E-state index is 0.0350. The molecule has 0 atom stereocenters. The van der Waals surface area contributed by atoms with Gasteiger partial charge in [-0.05, 0) is 25.1 Å². The van der Waals surface area contributed by atoms with Gasteiger partial charge in [0.25, 0.3) is 0 Å². The van der Waals surface area contributed by atoms with Gasteiger partial charge < -0.3 is 9.47 Å². The summed E-state index contributed by atoms with van der Waals surface area (Å²) in [6.07, 6.45) is 0. The molecule has 2 aromatic rings. The van der Waals surface area contributed by atoms with Crippen molar-refractivity contribution in [2.24, 2.45) is 0 Å². The van der Waals surface area contributed by atoms with Crippen LogP contribution in [0.1, 0.15) is 22.8 Å². The normalized spacial score (nSPS) is 10.2. The average Bonchev–Trinajstić information content (AvgIpc) is 2.46. The summed E-state index contributed by atoms with van der Waals surface area (Å²) in [5.74, 6) is 0.319. The van der Waals surface area contributed by atoms with E-state index in [0.717, 1.165) is 0 Å². The maximum Gasteiger partial charge on any atom is 0.172 e. The molecule has 0 saturated carbocycles. The summed E-state index contributed by atoms with van der Waals surface area (Å²) in [7, 11) is 1.50. The summed E-state index contributed by atoms with van der Waals surface area (Å²) in [4.78, 5) is 11.6. The van der Waals surface area contributed by atoms with Crippen LogP contribution < -0.4 is 9.47 Å². The molecule has 0 aliphatic heterocycles. The van der Waals surface area contributed by atoms with E-state index in [-0.39, 0.29) is 18.2 Å². The van der Waals surface area contributed by atoms with E-state index < -0.39 is 0 Å². The van der Waals surface area contributed by atoms with E-state index >= 15 is 0 Å². The Kier molecular flexibility index (Phi) is 4.35. The van der Waals surface area contributed by atoms with Crippen LogP contribution in [0.3, 0.4) is 0 Å². The van der Waals surface area contributed by atoms with Gasteiger partial charge in [-0.2, -0.15) is 0 Å². The fraction of sp³-hybridized carbons (Fsp3) is 0.188. The molecule has 0 radical (unpaired) electrons. The van der Waals surface area contributed by atoms with Crippen molar-refractivity contribution in [3.05, 3.63) is 59.4 Å². The van der Waals surface area contributed by atoms with Crippen LogP contribution >= 0.6 is 0 Å². The van der Waals surface area contributed by atoms with E-state index in [1.165, 1.54) is 20.1 Å². The third-order valence-corrected chi connectivity index (χ3v) is 2.91. The average molecular weight is 274 g/mol. The molecule has 0 aliphatic carbocycles. The molecule has 0 heterocycles.